The maximum atomic E-state index is 3.66. The van der Waals surface area contributed by atoms with Crippen LogP contribution >= 0.6 is 0 Å². The van der Waals surface area contributed by atoms with Crippen LogP contribution in [0.25, 0.3) is 0 Å². The van der Waals surface area contributed by atoms with Gasteiger partial charge in [0.05, 0.1) is 0 Å². The molecule has 1 N–H and O–H groups in total. The van der Waals surface area contributed by atoms with Crippen LogP contribution in [0.3, 0.4) is 0 Å². The van der Waals surface area contributed by atoms with Gasteiger partial charge in [-0.05, 0) is 62.4 Å². The first-order valence-corrected chi connectivity index (χ1v) is 15.0. The second kappa shape index (κ2) is 10.2. The molecule has 2 heteroatoms. The molecule has 0 fully saturated rings. The smallest absolute Gasteiger partial charge is 0.179 e. The van der Waals surface area contributed by atoms with Gasteiger partial charge in [-0.3, -0.25) is 0 Å². The summed E-state index contributed by atoms with van der Waals surface area (Å²) in [5.41, 5.74) is 4.99. The van der Waals surface area contributed by atoms with E-state index in [4.69, 9.17) is 0 Å². The van der Waals surface area contributed by atoms with Crippen molar-refractivity contribution >= 4 is 40.2 Å². The minimum Gasteiger partial charge on any atom is -0.355 e. The molecule has 1 nitrogen and oxygen atoms in total. The van der Waals surface area contributed by atoms with Crippen LogP contribution in [-0.4, -0.2) is 8.07 Å². The molecule has 0 amide bonds. The summed E-state index contributed by atoms with van der Waals surface area (Å²) in [6.45, 7) is 8.97. The summed E-state index contributed by atoms with van der Waals surface area (Å²) in [5, 5.41) is 9.24. The Balaban J connectivity index is 1.63. The van der Waals surface area contributed by atoms with Gasteiger partial charge in [-0.25, -0.2) is 0 Å². The largest absolute Gasteiger partial charge is 0.355 e. The lowest BCUT2D eigenvalue weighted by Crippen LogP contribution is -2.74. The molecular weight excluding hydrogens is 462 g/mol. The molecule has 0 aromatic heterocycles. The monoisotopic (exact) mass is 497 g/mol. The van der Waals surface area contributed by atoms with Crippen molar-refractivity contribution in [3.8, 4) is 0 Å². The van der Waals surface area contributed by atoms with E-state index in [1.807, 2.05) is 0 Å². The van der Waals surface area contributed by atoms with E-state index in [1.165, 1.54) is 31.9 Å². The maximum absolute atomic E-state index is 3.66. The molecule has 0 atom stereocenters. The van der Waals surface area contributed by atoms with Gasteiger partial charge in [-0.15, -0.1) is 0 Å². The van der Waals surface area contributed by atoms with Gasteiger partial charge in [-0.2, -0.15) is 0 Å². The van der Waals surface area contributed by atoms with Gasteiger partial charge in [0.2, 0.25) is 0 Å². The molecule has 184 valence electrons. The average Bonchev–Trinajstić information content (AvgIpc) is 2.92. The van der Waals surface area contributed by atoms with Crippen molar-refractivity contribution in [2.24, 2.45) is 0 Å². The predicted octanol–water partition coefficient (Wildman–Crippen LogP) is 6.41. The number of hydrogen-bond donors (Lipinski definition) is 1. The van der Waals surface area contributed by atoms with Crippen LogP contribution in [0.5, 0.6) is 0 Å². The van der Waals surface area contributed by atoms with Crippen LogP contribution in [0.15, 0.2) is 133 Å². The van der Waals surface area contributed by atoms with Gasteiger partial charge in [0.25, 0.3) is 0 Å². The Kier molecular flexibility index (Phi) is 6.86. The van der Waals surface area contributed by atoms with E-state index >= 15 is 0 Å². The molecular formula is C35H35NSi. The molecule has 0 unspecified atom stereocenters. The lowest BCUT2D eigenvalue weighted by molar-refractivity contribution is 0.590. The van der Waals surface area contributed by atoms with E-state index in [-0.39, 0.29) is 5.41 Å². The Bertz CT molecular complexity index is 1350. The highest BCUT2D eigenvalue weighted by Gasteiger charge is 2.41. The summed E-state index contributed by atoms with van der Waals surface area (Å²) in [6, 6.07) is 49.1. The average molecular weight is 498 g/mol. The van der Waals surface area contributed by atoms with Gasteiger partial charge in [0.15, 0.2) is 8.07 Å². The van der Waals surface area contributed by atoms with Crippen LogP contribution in [0.4, 0.5) is 11.4 Å². The lowest BCUT2D eigenvalue weighted by atomic mass is 9.87. The molecule has 0 aliphatic heterocycles. The third kappa shape index (κ3) is 4.90. The highest BCUT2D eigenvalue weighted by molar-refractivity contribution is 7.19. The van der Waals surface area contributed by atoms with Crippen LogP contribution in [0, 0.1) is 6.92 Å². The Morgan fingerprint density at radius 3 is 1.38 bits per heavy atom. The number of aryl methyl sites for hydroxylation is 1. The Labute approximate surface area is 222 Å². The normalized spacial score (nSPS) is 11.8. The van der Waals surface area contributed by atoms with Crippen molar-refractivity contribution in [3.05, 3.63) is 145 Å². The molecule has 5 rings (SSSR count). The van der Waals surface area contributed by atoms with Crippen molar-refractivity contribution in [2.45, 2.75) is 33.1 Å². The standard InChI is InChI=1S/C35H35NSi/c1-27-26-33(24-25-34(27)36-29-22-20-28(21-23-29)35(2,3)4)37(30-14-8-5-9-15-30,31-16-10-6-11-17-31)32-18-12-7-13-19-32/h5-26,36H,1-4H3. The van der Waals surface area contributed by atoms with E-state index in [1.54, 1.807) is 0 Å². The number of nitrogens with one attached hydrogen (secondary N) is 1. The van der Waals surface area contributed by atoms with Crippen LogP contribution in [0.2, 0.25) is 0 Å². The Hall–Kier alpha value is -3.88. The first-order chi connectivity index (χ1) is 17.9. The maximum Gasteiger partial charge on any atom is 0.179 e. The Morgan fingerprint density at radius 1 is 0.514 bits per heavy atom. The molecule has 0 saturated carbocycles. The topological polar surface area (TPSA) is 12.0 Å². The van der Waals surface area contributed by atoms with Crippen molar-refractivity contribution < 1.29 is 0 Å². The van der Waals surface area contributed by atoms with Gasteiger partial charge >= 0.3 is 0 Å². The van der Waals surface area contributed by atoms with Crippen molar-refractivity contribution in [1.29, 1.82) is 0 Å². The molecule has 0 spiro atoms. The van der Waals surface area contributed by atoms with Gasteiger partial charge < -0.3 is 5.32 Å². The zero-order chi connectivity index (χ0) is 25.9. The molecule has 0 heterocycles. The number of benzene rings is 5. The summed E-state index contributed by atoms with van der Waals surface area (Å²) >= 11 is 0. The van der Waals surface area contributed by atoms with E-state index in [0.717, 1.165) is 11.4 Å². The van der Waals surface area contributed by atoms with Gasteiger partial charge in [-0.1, -0.05) is 136 Å². The van der Waals surface area contributed by atoms with Crippen molar-refractivity contribution in [3.63, 3.8) is 0 Å². The summed E-state index contributed by atoms with van der Waals surface area (Å²) in [5.74, 6) is 0. The highest BCUT2D eigenvalue weighted by atomic mass is 28.3. The fourth-order valence-electron chi connectivity index (χ4n) is 5.31. The van der Waals surface area contributed by atoms with Gasteiger partial charge in [0, 0.05) is 11.4 Å². The molecule has 5 aromatic rings. The lowest BCUT2D eigenvalue weighted by Gasteiger charge is -2.34. The second-order valence-corrected chi connectivity index (χ2v) is 14.6. The third-order valence-electron chi connectivity index (χ3n) is 7.31. The molecule has 0 bridgehead atoms. The zero-order valence-corrected chi connectivity index (χ0v) is 23.2. The van der Waals surface area contributed by atoms with Gasteiger partial charge in [0.1, 0.15) is 0 Å². The van der Waals surface area contributed by atoms with E-state index < -0.39 is 8.07 Å². The molecule has 0 aliphatic rings. The van der Waals surface area contributed by atoms with Crippen molar-refractivity contribution in [1.82, 2.24) is 0 Å². The summed E-state index contributed by atoms with van der Waals surface area (Å²) in [4.78, 5) is 0. The van der Waals surface area contributed by atoms with Crippen LogP contribution in [0.1, 0.15) is 31.9 Å². The first kappa shape index (κ1) is 24.8. The molecule has 0 saturated heterocycles. The number of anilines is 2. The van der Waals surface area contributed by atoms with Crippen LogP contribution < -0.4 is 26.1 Å². The Morgan fingerprint density at radius 2 is 0.973 bits per heavy atom. The van der Waals surface area contributed by atoms with E-state index in [2.05, 4.69) is 166 Å². The minimum atomic E-state index is -2.50. The third-order valence-corrected chi connectivity index (χ3v) is 12.1. The molecule has 0 radical (unpaired) electrons. The highest BCUT2D eigenvalue weighted by Crippen LogP contribution is 2.26. The molecule has 37 heavy (non-hydrogen) atoms. The number of hydrogen-bond acceptors (Lipinski definition) is 1. The van der Waals surface area contributed by atoms with Crippen LogP contribution in [-0.2, 0) is 5.41 Å². The fraction of sp³-hybridized carbons (Fsp3) is 0.143. The number of rotatable bonds is 6. The second-order valence-electron chi connectivity index (χ2n) is 10.8. The quantitative estimate of drug-likeness (QED) is 0.211. The van der Waals surface area contributed by atoms with E-state index in [9.17, 15) is 0 Å². The van der Waals surface area contributed by atoms with E-state index in [0.29, 0.717) is 0 Å². The minimum absolute atomic E-state index is 0.149. The summed E-state index contributed by atoms with van der Waals surface area (Å²) in [7, 11) is -2.50. The fourth-order valence-corrected chi connectivity index (χ4v) is 10.2. The SMILES string of the molecule is Cc1cc([Si](c2ccccc2)(c2ccccc2)c2ccccc2)ccc1Nc1ccc(C(C)(C)C)cc1. The zero-order valence-electron chi connectivity index (χ0n) is 22.2. The molecule has 0 aliphatic carbocycles. The summed E-state index contributed by atoms with van der Waals surface area (Å²) < 4.78 is 0. The predicted molar refractivity (Wildman–Crippen MR) is 163 cm³/mol. The van der Waals surface area contributed by atoms with Crippen molar-refractivity contribution in [2.75, 3.05) is 5.32 Å². The summed E-state index contributed by atoms with van der Waals surface area (Å²) in [6.07, 6.45) is 0. The molecule has 5 aromatic carbocycles. The first-order valence-electron chi connectivity index (χ1n) is 13.0.